The van der Waals surface area contributed by atoms with Gasteiger partial charge < -0.3 is 15.2 Å². The van der Waals surface area contributed by atoms with Gasteiger partial charge in [-0.25, -0.2) is 0 Å². The van der Waals surface area contributed by atoms with Gasteiger partial charge in [0.05, 0.1) is 23.7 Å². The largest absolute Gasteiger partial charge is 0.496 e. The fourth-order valence-electron chi connectivity index (χ4n) is 2.15. The van der Waals surface area contributed by atoms with Crippen LogP contribution in [0.15, 0.2) is 46.9 Å². The molecule has 4 heteroatoms. The van der Waals surface area contributed by atoms with Gasteiger partial charge in [0.25, 0.3) is 0 Å². The highest BCUT2D eigenvalue weighted by atomic mass is 79.9. The molecule has 0 spiro atoms. The van der Waals surface area contributed by atoms with Gasteiger partial charge in [-0.2, -0.15) is 0 Å². The van der Waals surface area contributed by atoms with Crippen LogP contribution in [0.2, 0.25) is 0 Å². The standard InChI is InChI=1S/C17H20BrNO2/c1-11(2)21-15-7-5-4-6-13(15)17(19)12-8-9-16(20-3)14(18)10-12/h4-11,17H,19H2,1-3H3. The Kier molecular flexibility index (Phi) is 5.26. The zero-order chi connectivity index (χ0) is 15.4. The summed E-state index contributed by atoms with van der Waals surface area (Å²) >= 11 is 3.50. The highest BCUT2D eigenvalue weighted by Crippen LogP contribution is 2.33. The third kappa shape index (κ3) is 3.77. The Morgan fingerprint density at radius 3 is 2.38 bits per heavy atom. The molecule has 0 bridgehead atoms. The van der Waals surface area contributed by atoms with Crippen molar-refractivity contribution in [2.45, 2.75) is 26.0 Å². The van der Waals surface area contributed by atoms with Crippen LogP contribution in [-0.2, 0) is 0 Å². The Labute approximate surface area is 134 Å². The highest BCUT2D eigenvalue weighted by molar-refractivity contribution is 9.10. The van der Waals surface area contributed by atoms with Gasteiger partial charge in [-0.1, -0.05) is 24.3 Å². The number of ether oxygens (including phenoxy) is 2. The predicted molar refractivity (Wildman–Crippen MR) is 88.9 cm³/mol. The van der Waals surface area contributed by atoms with Gasteiger partial charge in [0.1, 0.15) is 11.5 Å². The topological polar surface area (TPSA) is 44.5 Å². The van der Waals surface area contributed by atoms with E-state index in [0.29, 0.717) is 0 Å². The maximum Gasteiger partial charge on any atom is 0.133 e. The van der Waals surface area contributed by atoms with Crippen LogP contribution >= 0.6 is 15.9 Å². The fourth-order valence-corrected chi connectivity index (χ4v) is 2.71. The van der Waals surface area contributed by atoms with Crippen LogP contribution < -0.4 is 15.2 Å². The van der Waals surface area contributed by atoms with Crippen LogP contribution in [0.25, 0.3) is 0 Å². The summed E-state index contributed by atoms with van der Waals surface area (Å²) in [6.07, 6.45) is 0.112. The molecule has 3 nitrogen and oxygen atoms in total. The number of methoxy groups -OCH3 is 1. The van der Waals surface area contributed by atoms with Gasteiger partial charge in [-0.3, -0.25) is 0 Å². The van der Waals surface area contributed by atoms with E-state index in [1.807, 2.05) is 56.3 Å². The molecule has 0 aliphatic rings. The molecule has 21 heavy (non-hydrogen) atoms. The number of benzene rings is 2. The fraction of sp³-hybridized carbons (Fsp3) is 0.294. The first-order chi connectivity index (χ1) is 10.0. The van der Waals surface area contributed by atoms with E-state index in [-0.39, 0.29) is 12.1 Å². The number of hydrogen-bond donors (Lipinski definition) is 1. The maximum atomic E-state index is 6.41. The molecule has 0 saturated carbocycles. The second-order valence-electron chi connectivity index (χ2n) is 5.08. The van der Waals surface area contributed by atoms with Crippen molar-refractivity contribution >= 4 is 15.9 Å². The number of para-hydroxylation sites is 1. The first-order valence-electron chi connectivity index (χ1n) is 6.87. The van der Waals surface area contributed by atoms with Crippen LogP contribution in [-0.4, -0.2) is 13.2 Å². The van der Waals surface area contributed by atoms with E-state index in [4.69, 9.17) is 15.2 Å². The molecule has 0 fully saturated rings. The van der Waals surface area contributed by atoms with Crippen molar-refractivity contribution in [2.24, 2.45) is 5.73 Å². The average Bonchev–Trinajstić information content (AvgIpc) is 2.46. The molecule has 0 saturated heterocycles. The molecule has 2 rings (SSSR count). The second kappa shape index (κ2) is 6.96. The molecule has 0 aliphatic carbocycles. The molecule has 0 radical (unpaired) electrons. The minimum Gasteiger partial charge on any atom is -0.496 e. The van der Waals surface area contributed by atoms with Gasteiger partial charge in [-0.05, 0) is 53.5 Å². The third-order valence-electron chi connectivity index (χ3n) is 3.15. The van der Waals surface area contributed by atoms with Crippen LogP contribution in [0, 0.1) is 0 Å². The van der Waals surface area contributed by atoms with Crippen molar-refractivity contribution in [1.82, 2.24) is 0 Å². The van der Waals surface area contributed by atoms with Crippen molar-refractivity contribution in [1.29, 1.82) is 0 Å². The summed E-state index contributed by atoms with van der Waals surface area (Å²) in [4.78, 5) is 0. The van der Waals surface area contributed by atoms with E-state index < -0.39 is 0 Å². The number of halogens is 1. The molecular weight excluding hydrogens is 330 g/mol. The molecule has 2 aromatic rings. The summed E-state index contributed by atoms with van der Waals surface area (Å²) in [6, 6.07) is 13.5. The predicted octanol–water partition coefficient (Wildman–Crippen LogP) is 4.29. The normalized spacial score (nSPS) is 12.3. The van der Waals surface area contributed by atoms with Crippen molar-refractivity contribution in [3.05, 3.63) is 58.1 Å². The molecule has 112 valence electrons. The van der Waals surface area contributed by atoms with E-state index in [1.165, 1.54) is 0 Å². The second-order valence-corrected chi connectivity index (χ2v) is 5.93. The average molecular weight is 350 g/mol. The lowest BCUT2D eigenvalue weighted by molar-refractivity contribution is 0.239. The number of nitrogens with two attached hydrogens (primary N) is 1. The SMILES string of the molecule is COc1ccc(C(N)c2ccccc2OC(C)C)cc1Br. The Morgan fingerprint density at radius 2 is 1.76 bits per heavy atom. The molecule has 2 N–H and O–H groups in total. The molecular formula is C17H20BrNO2. The molecule has 1 atom stereocenters. The Morgan fingerprint density at radius 1 is 1.05 bits per heavy atom. The van der Waals surface area contributed by atoms with Gasteiger partial charge in [0, 0.05) is 5.56 Å². The summed E-state index contributed by atoms with van der Waals surface area (Å²) in [7, 11) is 1.64. The molecule has 1 unspecified atom stereocenters. The van der Waals surface area contributed by atoms with E-state index in [1.54, 1.807) is 7.11 Å². The summed E-state index contributed by atoms with van der Waals surface area (Å²) in [5.41, 5.74) is 8.39. The van der Waals surface area contributed by atoms with E-state index >= 15 is 0 Å². The summed E-state index contributed by atoms with van der Waals surface area (Å²) < 4.78 is 12.0. The first-order valence-corrected chi connectivity index (χ1v) is 7.66. The molecule has 0 heterocycles. The summed E-state index contributed by atoms with van der Waals surface area (Å²) in [5, 5.41) is 0. The summed E-state index contributed by atoms with van der Waals surface area (Å²) in [5.74, 6) is 1.62. The minimum absolute atomic E-state index is 0.112. The van der Waals surface area contributed by atoms with Crippen LogP contribution in [0.4, 0.5) is 0 Å². The highest BCUT2D eigenvalue weighted by Gasteiger charge is 2.16. The quantitative estimate of drug-likeness (QED) is 0.875. The van der Waals surface area contributed by atoms with Gasteiger partial charge in [-0.15, -0.1) is 0 Å². The van der Waals surface area contributed by atoms with E-state index in [9.17, 15) is 0 Å². The Hall–Kier alpha value is -1.52. The minimum atomic E-state index is -0.248. The molecule has 0 amide bonds. The van der Waals surface area contributed by atoms with Crippen molar-refractivity contribution < 1.29 is 9.47 Å². The van der Waals surface area contributed by atoms with Crippen molar-refractivity contribution in [3.8, 4) is 11.5 Å². The van der Waals surface area contributed by atoms with Gasteiger partial charge in [0.2, 0.25) is 0 Å². The molecule has 2 aromatic carbocycles. The third-order valence-corrected chi connectivity index (χ3v) is 3.77. The van der Waals surface area contributed by atoms with Crippen molar-refractivity contribution in [2.75, 3.05) is 7.11 Å². The Balaban J connectivity index is 2.35. The van der Waals surface area contributed by atoms with Gasteiger partial charge in [0.15, 0.2) is 0 Å². The van der Waals surface area contributed by atoms with E-state index in [2.05, 4.69) is 15.9 Å². The molecule has 0 aliphatic heterocycles. The zero-order valence-electron chi connectivity index (χ0n) is 12.5. The maximum absolute atomic E-state index is 6.41. The molecule has 0 aromatic heterocycles. The Bertz CT molecular complexity index is 613. The van der Waals surface area contributed by atoms with Crippen LogP contribution in [0.5, 0.6) is 11.5 Å². The van der Waals surface area contributed by atoms with Gasteiger partial charge >= 0.3 is 0 Å². The first kappa shape index (κ1) is 15.9. The lowest BCUT2D eigenvalue weighted by atomic mass is 9.98. The smallest absolute Gasteiger partial charge is 0.133 e. The monoisotopic (exact) mass is 349 g/mol. The lowest BCUT2D eigenvalue weighted by Crippen LogP contribution is -2.15. The lowest BCUT2D eigenvalue weighted by Gasteiger charge is -2.19. The number of hydrogen-bond acceptors (Lipinski definition) is 3. The van der Waals surface area contributed by atoms with Crippen LogP contribution in [0.3, 0.4) is 0 Å². The van der Waals surface area contributed by atoms with Crippen molar-refractivity contribution in [3.63, 3.8) is 0 Å². The number of rotatable bonds is 5. The zero-order valence-corrected chi connectivity index (χ0v) is 14.1. The van der Waals surface area contributed by atoms with Crippen LogP contribution in [0.1, 0.15) is 31.0 Å². The summed E-state index contributed by atoms with van der Waals surface area (Å²) in [6.45, 7) is 4.01. The van der Waals surface area contributed by atoms with E-state index in [0.717, 1.165) is 27.1 Å².